The highest BCUT2D eigenvalue weighted by Crippen LogP contribution is 2.37. The van der Waals surface area contributed by atoms with E-state index in [9.17, 15) is 13.6 Å². The molecule has 0 N–H and O–H groups in total. The Morgan fingerprint density at radius 3 is 2.60 bits per heavy atom. The minimum absolute atomic E-state index is 0.000417. The molecule has 2 rings (SSSR count). The van der Waals surface area contributed by atoms with E-state index in [1.807, 2.05) is 0 Å². The van der Waals surface area contributed by atoms with Crippen LogP contribution >= 0.6 is 0 Å². The van der Waals surface area contributed by atoms with E-state index in [-0.39, 0.29) is 23.9 Å². The van der Waals surface area contributed by atoms with Gasteiger partial charge >= 0.3 is 6.61 Å². The molecule has 0 unspecified atom stereocenters. The minimum Gasteiger partial charge on any atom is -0.454 e. The highest BCUT2D eigenvalue weighted by molar-refractivity contribution is 5.81. The smallest absolute Gasteiger partial charge is 0.387 e. The SMILES string of the molecule is O=Cc1cc2c(cc1OC(F)F)OCO2. The van der Waals surface area contributed by atoms with E-state index < -0.39 is 6.61 Å². The summed E-state index contributed by atoms with van der Waals surface area (Å²) in [6.07, 6.45) is 0.416. The lowest BCUT2D eigenvalue weighted by Crippen LogP contribution is -2.04. The number of hydrogen-bond acceptors (Lipinski definition) is 4. The first-order valence-electron chi connectivity index (χ1n) is 4.04. The van der Waals surface area contributed by atoms with Crippen molar-refractivity contribution in [1.82, 2.24) is 0 Å². The van der Waals surface area contributed by atoms with Crippen molar-refractivity contribution in [2.75, 3.05) is 6.79 Å². The molecule has 0 radical (unpaired) electrons. The Bertz CT molecular complexity index is 392. The molecule has 0 bridgehead atoms. The van der Waals surface area contributed by atoms with Crippen LogP contribution < -0.4 is 14.2 Å². The van der Waals surface area contributed by atoms with Crippen LogP contribution in [0, 0.1) is 0 Å². The van der Waals surface area contributed by atoms with Gasteiger partial charge in [-0.3, -0.25) is 4.79 Å². The Morgan fingerprint density at radius 1 is 1.33 bits per heavy atom. The van der Waals surface area contributed by atoms with Crippen LogP contribution in [0.4, 0.5) is 8.78 Å². The molecule has 0 aliphatic carbocycles. The molecule has 0 amide bonds. The van der Waals surface area contributed by atoms with E-state index in [1.54, 1.807) is 0 Å². The molecule has 1 aliphatic heterocycles. The van der Waals surface area contributed by atoms with Crippen LogP contribution in [0.3, 0.4) is 0 Å². The average Bonchev–Trinajstić information content (AvgIpc) is 2.62. The summed E-state index contributed by atoms with van der Waals surface area (Å²) in [6.45, 7) is -2.98. The molecule has 1 aromatic rings. The van der Waals surface area contributed by atoms with Gasteiger partial charge in [-0.15, -0.1) is 0 Å². The molecule has 1 aromatic carbocycles. The highest BCUT2D eigenvalue weighted by atomic mass is 19.3. The second-order valence-corrected chi connectivity index (χ2v) is 2.74. The molecule has 15 heavy (non-hydrogen) atoms. The van der Waals surface area contributed by atoms with Gasteiger partial charge in [0.15, 0.2) is 17.8 Å². The van der Waals surface area contributed by atoms with Gasteiger partial charge in [0.1, 0.15) is 5.75 Å². The van der Waals surface area contributed by atoms with Gasteiger partial charge < -0.3 is 14.2 Å². The summed E-state index contributed by atoms with van der Waals surface area (Å²) in [6, 6.07) is 2.51. The van der Waals surface area contributed by atoms with E-state index in [2.05, 4.69) is 4.74 Å². The van der Waals surface area contributed by atoms with Crippen LogP contribution in [0.1, 0.15) is 10.4 Å². The number of benzene rings is 1. The van der Waals surface area contributed by atoms with Crippen molar-refractivity contribution in [2.45, 2.75) is 6.61 Å². The standard InChI is InChI=1S/C9H6F2O4/c10-9(11)15-6-2-8-7(13-4-14-8)1-5(6)3-12/h1-3,9H,4H2. The average molecular weight is 216 g/mol. The summed E-state index contributed by atoms with van der Waals surface area (Å²) in [4.78, 5) is 10.6. The molecule has 0 fully saturated rings. The zero-order valence-electron chi connectivity index (χ0n) is 7.41. The van der Waals surface area contributed by atoms with Crippen LogP contribution in [0.25, 0.3) is 0 Å². The maximum Gasteiger partial charge on any atom is 0.387 e. The number of ether oxygens (including phenoxy) is 3. The lowest BCUT2D eigenvalue weighted by Gasteiger charge is -2.07. The Kier molecular flexibility index (Phi) is 2.40. The van der Waals surface area contributed by atoms with Crippen molar-refractivity contribution < 1.29 is 27.8 Å². The van der Waals surface area contributed by atoms with Crippen molar-refractivity contribution >= 4 is 6.29 Å². The normalized spacial score (nSPS) is 13.0. The largest absolute Gasteiger partial charge is 0.454 e. The van der Waals surface area contributed by atoms with E-state index in [4.69, 9.17) is 9.47 Å². The van der Waals surface area contributed by atoms with E-state index in [0.29, 0.717) is 12.0 Å². The number of aldehydes is 1. The van der Waals surface area contributed by atoms with Crippen LogP contribution in [0.2, 0.25) is 0 Å². The van der Waals surface area contributed by atoms with Gasteiger partial charge in [0, 0.05) is 6.07 Å². The first-order valence-corrected chi connectivity index (χ1v) is 4.04. The number of halogens is 2. The zero-order chi connectivity index (χ0) is 10.8. The Labute approximate surface area is 83.4 Å². The van der Waals surface area contributed by atoms with Crippen LogP contribution in [-0.2, 0) is 0 Å². The van der Waals surface area contributed by atoms with Crippen LogP contribution in [0.15, 0.2) is 12.1 Å². The number of rotatable bonds is 3. The molecule has 1 heterocycles. The van der Waals surface area contributed by atoms with Crippen molar-refractivity contribution in [3.63, 3.8) is 0 Å². The van der Waals surface area contributed by atoms with Gasteiger partial charge in [0.25, 0.3) is 0 Å². The number of fused-ring (bicyclic) bond motifs is 1. The fraction of sp³-hybridized carbons (Fsp3) is 0.222. The number of hydrogen-bond donors (Lipinski definition) is 0. The van der Waals surface area contributed by atoms with Crippen LogP contribution in [-0.4, -0.2) is 19.7 Å². The molecule has 6 heteroatoms. The third-order valence-electron chi connectivity index (χ3n) is 1.85. The van der Waals surface area contributed by atoms with Gasteiger partial charge in [0.05, 0.1) is 5.56 Å². The zero-order valence-corrected chi connectivity index (χ0v) is 7.41. The summed E-state index contributed by atoms with van der Waals surface area (Å²) in [7, 11) is 0. The van der Waals surface area contributed by atoms with Crippen molar-refractivity contribution in [2.24, 2.45) is 0 Å². The first-order chi connectivity index (χ1) is 7.20. The summed E-state index contributed by atoms with van der Waals surface area (Å²) >= 11 is 0. The minimum atomic E-state index is -2.98. The first kappa shape index (κ1) is 9.70. The summed E-state index contributed by atoms with van der Waals surface area (Å²) in [5.41, 5.74) is -0.000417. The number of carbonyl (C=O) groups is 1. The quantitative estimate of drug-likeness (QED) is 0.723. The molecular formula is C9H6F2O4. The number of alkyl halides is 2. The van der Waals surface area contributed by atoms with E-state index >= 15 is 0 Å². The summed E-state index contributed by atoms with van der Waals surface area (Å²) in [5, 5.41) is 0. The predicted molar refractivity (Wildman–Crippen MR) is 44.6 cm³/mol. The summed E-state index contributed by atoms with van der Waals surface area (Å²) < 4.78 is 38.1. The van der Waals surface area contributed by atoms with Crippen LogP contribution in [0.5, 0.6) is 17.2 Å². The Balaban J connectivity index is 2.39. The Morgan fingerprint density at radius 2 is 2.00 bits per heavy atom. The molecule has 0 saturated heterocycles. The third-order valence-corrected chi connectivity index (χ3v) is 1.85. The highest BCUT2D eigenvalue weighted by Gasteiger charge is 2.19. The van der Waals surface area contributed by atoms with Gasteiger partial charge in [-0.05, 0) is 6.07 Å². The van der Waals surface area contributed by atoms with Gasteiger partial charge in [-0.25, -0.2) is 0 Å². The van der Waals surface area contributed by atoms with Crippen molar-refractivity contribution in [3.8, 4) is 17.2 Å². The molecule has 0 atom stereocenters. The molecule has 1 aliphatic rings. The third kappa shape index (κ3) is 1.83. The van der Waals surface area contributed by atoms with Crippen molar-refractivity contribution in [1.29, 1.82) is 0 Å². The molecule has 80 valence electrons. The maximum absolute atomic E-state index is 12.0. The van der Waals surface area contributed by atoms with Gasteiger partial charge in [0.2, 0.25) is 6.79 Å². The lowest BCUT2D eigenvalue weighted by molar-refractivity contribution is -0.0501. The van der Waals surface area contributed by atoms with Gasteiger partial charge in [-0.1, -0.05) is 0 Å². The van der Waals surface area contributed by atoms with Gasteiger partial charge in [-0.2, -0.15) is 8.78 Å². The molecular weight excluding hydrogens is 210 g/mol. The topological polar surface area (TPSA) is 44.8 Å². The summed E-state index contributed by atoms with van der Waals surface area (Å²) in [5.74, 6) is 0.416. The molecule has 0 aromatic heterocycles. The number of carbonyl (C=O) groups excluding carboxylic acids is 1. The second-order valence-electron chi connectivity index (χ2n) is 2.74. The lowest BCUT2D eigenvalue weighted by atomic mass is 10.2. The molecule has 4 nitrogen and oxygen atoms in total. The van der Waals surface area contributed by atoms with E-state index in [0.717, 1.165) is 0 Å². The molecule has 0 saturated carbocycles. The van der Waals surface area contributed by atoms with Crippen molar-refractivity contribution in [3.05, 3.63) is 17.7 Å². The maximum atomic E-state index is 12.0. The second kappa shape index (κ2) is 3.72. The monoisotopic (exact) mass is 216 g/mol. The van der Waals surface area contributed by atoms with E-state index in [1.165, 1.54) is 12.1 Å². The molecule has 0 spiro atoms. The fourth-order valence-corrected chi connectivity index (χ4v) is 1.23. The predicted octanol–water partition coefficient (Wildman–Crippen LogP) is 1.83. The Hall–Kier alpha value is -1.85. The fourth-order valence-electron chi connectivity index (χ4n) is 1.23.